The smallest absolute Gasteiger partial charge is 0.330 e. The monoisotopic (exact) mass is 280 g/mol. The van der Waals surface area contributed by atoms with E-state index >= 15 is 0 Å². The number of hydrogen-bond donors (Lipinski definition) is 3. The summed E-state index contributed by atoms with van der Waals surface area (Å²) in [5.41, 5.74) is 0.849. The highest BCUT2D eigenvalue weighted by atomic mass is 16.5. The van der Waals surface area contributed by atoms with Crippen molar-refractivity contribution in [3.8, 4) is 0 Å². The van der Waals surface area contributed by atoms with Gasteiger partial charge in [-0.25, -0.2) is 4.79 Å². The van der Waals surface area contributed by atoms with E-state index in [1.165, 1.54) is 26.2 Å². The molecule has 1 rings (SSSR count). The van der Waals surface area contributed by atoms with Crippen LogP contribution in [0.25, 0.3) is 0 Å². The zero-order valence-corrected chi connectivity index (χ0v) is 11.2. The first-order valence-electron chi connectivity index (χ1n) is 5.85. The van der Waals surface area contributed by atoms with Crippen LogP contribution in [0, 0.1) is 0 Å². The molecule has 7 nitrogen and oxygen atoms in total. The highest BCUT2D eigenvalue weighted by molar-refractivity contribution is 5.97. The van der Waals surface area contributed by atoms with Gasteiger partial charge in [0.25, 0.3) is 5.91 Å². The highest BCUT2D eigenvalue weighted by Gasteiger charge is 2.20. The third-order valence-electron chi connectivity index (χ3n) is 2.44. The van der Waals surface area contributed by atoms with Gasteiger partial charge < -0.3 is 20.5 Å². The summed E-state index contributed by atoms with van der Waals surface area (Å²) >= 11 is 0. The number of rotatable bonds is 5. The van der Waals surface area contributed by atoms with E-state index in [-0.39, 0.29) is 5.91 Å². The van der Waals surface area contributed by atoms with Crippen molar-refractivity contribution in [2.75, 3.05) is 19.0 Å². The van der Waals surface area contributed by atoms with Gasteiger partial charge in [0.2, 0.25) is 5.91 Å². The Bertz CT molecular complexity index is 498. The fraction of sp³-hybridized carbons (Fsp3) is 0.308. The first-order chi connectivity index (χ1) is 9.47. The molecule has 1 atom stereocenters. The lowest BCUT2D eigenvalue weighted by Gasteiger charge is -2.13. The van der Waals surface area contributed by atoms with Crippen LogP contribution in [-0.2, 0) is 14.3 Å². The number of anilines is 1. The summed E-state index contributed by atoms with van der Waals surface area (Å²) in [5.74, 6) is -1.47. The molecule has 0 aliphatic carbocycles. The second-order valence-corrected chi connectivity index (χ2v) is 3.99. The molecule has 0 saturated heterocycles. The normalized spacial score (nSPS) is 11.3. The highest BCUT2D eigenvalue weighted by Crippen LogP contribution is 2.09. The molecule has 0 heterocycles. The number of aliphatic hydroxyl groups is 1. The Hall–Kier alpha value is -2.41. The Morgan fingerprint density at radius 2 is 1.85 bits per heavy atom. The van der Waals surface area contributed by atoms with E-state index in [4.69, 9.17) is 5.11 Å². The zero-order chi connectivity index (χ0) is 15.1. The largest absolute Gasteiger partial charge is 0.467 e. The molecule has 0 saturated carbocycles. The molecule has 0 radical (unpaired) electrons. The fourth-order valence-corrected chi connectivity index (χ4v) is 1.47. The van der Waals surface area contributed by atoms with E-state index in [1.807, 2.05) is 0 Å². The molecule has 3 N–H and O–H groups in total. The van der Waals surface area contributed by atoms with Crippen LogP contribution in [0.2, 0.25) is 0 Å². The van der Waals surface area contributed by atoms with Crippen molar-refractivity contribution < 1.29 is 24.2 Å². The first kappa shape index (κ1) is 15.6. The third-order valence-corrected chi connectivity index (χ3v) is 2.44. The van der Waals surface area contributed by atoms with Gasteiger partial charge in [0.1, 0.15) is 0 Å². The van der Waals surface area contributed by atoms with Crippen LogP contribution in [0.3, 0.4) is 0 Å². The fourth-order valence-electron chi connectivity index (χ4n) is 1.47. The molecule has 0 aromatic heterocycles. The van der Waals surface area contributed by atoms with E-state index in [1.54, 1.807) is 12.1 Å². The Balaban J connectivity index is 2.72. The van der Waals surface area contributed by atoms with E-state index in [2.05, 4.69) is 15.4 Å². The molecule has 0 aliphatic rings. The number of ether oxygens (including phenoxy) is 1. The number of hydrogen-bond acceptors (Lipinski definition) is 5. The van der Waals surface area contributed by atoms with Gasteiger partial charge in [0.15, 0.2) is 6.04 Å². The number of carbonyl (C=O) groups is 3. The number of amides is 2. The summed E-state index contributed by atoms with van der Waals surface area (Å²) in [6, 6.07) is 4.99. The minimum Gasteiger partial charge on any atom is -0.467 e. The van der Waals surface area contributed by atoms with Gasteiger partial charge in [0.05, 0.1) is 13.7 Å². The number of benzene rings is 1. The Morgan fingerprint density at radius 1 is 1.25 bits per heavy atom. The molecule has 0 fully saturated rings. The lowest BCUT2D eigenvalue weighted by atomic mass is 10.1. The Labute approximate surface area is 115 Å². The second-order valence-electron chi connectivity index (χ2n) is 3.99. The standard InChI is InChI=1S/C13H16N2O5/c1-8(17)14-10-5-3-9(4-6-10)12(18)15-11(7-16)13(19)20-2/h3-6,11,16H,7H2,1-2H3,(H,14,17)(H,15,18). The van der Waals surface area contributed by atoms with Gasteiger partial charge in [-0.15, -0.1) is 0 Å². The lowest BCUT2D eigenvalue weighted by molar-refractivity contribution is -0.143. The van der Waals surface area contributed by atoms with Crippen LogP contribution < -0.4 is 10.6 Å². The van der Waals surface area contributed by atoms with Crippen LogP contribution in [0.4, 0.5) is 5.69 Å². The van der Waals surface area contributed by atoms with E-state index in [0.29, 0.717) is 11.3 Å². The number of esters is 1. The molecule has 2 amide bonds. The van der Waals surface area contributed by atoms with Crippen molar-refractivity contribution in [3.63, 3.8) is 0 Å². The van der Waals surface area contributed by atoms with Crippen molar-refractivity contribution in [3.05, 3.63) is 29.8 Å². The topological polar surface area (TPSA) is 105 Å². The molecule has 0 bridgehead atoms. The van der Waals surface area contributed by atoms with Crippen LogP contribution in [0.1, 0.15) is 17.3 Å². The average molecular weight is 280 g/mol. The van der Waals surface area contributed by atoms with Crippen molar-refractivity contribution in [2.24, 2.45) is 0 Å². The van der Waals surface area contributed by atoms with E-state index in [9.17, 15) is 14.4 Å². The summed E-state index contributed by atoms with van der Waals surface area (Å²) in [7, 11) is 1.17. The zero-order valence-electron chi connectivity index (χ0n) is 11.2. The van der Waals surface area contributed by atoms with Gasteiger partial charge in [-0.3, -0.25) is 9.59 Å². The van der Waals surface area contributed by atoms with Crippen LogP contribution in [0.5, 0.6) is 0 Å². The van der Waals surface area contributed by atoms with E-state index in [0.717, 1.165) is 0 Å². The summed E-state index contributed by atoms with van der Waals surface area (Å²) in [4.78, 5) is 33.9. The summed E-state index contributed by atoms with van der Waals surface area (Å²) < 4.78 is 4.44. The van der Waals surface area contributed by atoms with Crippen molar-refractivity contribution in [1.82, 2.24) is 5.32 Å². The van der Waals surface area contributed by atoms with E-state index < -0.39 is 24.5 Å². The van der Waals surface area contributed by atoms with Crippen LogP contribution >= 0.6 is 0 Å². The van der Waals surface area contributed by atoms with Gasteiger partial charge in [-0.05, 0) is 24.3 Å². The second kappa shape index (κ2) is 7.25. The Morgan fingerprint density at radius 3 is 2.30 bits per heavy atom. The van der Waals surface area contributed by atoms with Crippen molar-refractivity contribution >= 4 is 23.5 Å². The van der Waals surface area contributed by atoms with Gasteiger partial charge in [0, 0.05) is 18.2 Å². The molecule has 20 heavy (non-hydrogen) atoms. The molecular formula is C13H16N2O5. The molecule has 1 aromatic rings. The maximum absolute atomic E-state index is 11.9. The van der Waals surface area contributed by atoms with Crippen LogP contribution in [-0.4, -0.2) is 42.6 Å². The van der Waals surface area contributed by atoms with Crippen molar-refractivity contribution in [2.45, 2.75) is 13.0 Å². The lowest BCUT2D eigenvalue weighted by Crippen LogP contribution is -2.44. The number of nitrogens with one attached hydrogen (secondary N) is 2. The summed E-state index contributed by atoms with van der Waals surface area (Å²) in [5, 5.41) is 13.9. The maximum Gasteiger partial charge on any atom is 0.330 e. The number of methoxy groups -OCH3 is 1. The summed E-state index contributed by atoms with van der Waals surface area (Å²) in [6.07, 6.45) is 0. The predicted octanol–water partition coefficient (Wildman–Crippen LogP) is -0.0913. The molecule has 7 heteroatoms. The van der Waals surface area contributed by atoms with Gasteiger partial charge >= 0.3 is 5.97 Å². The van der Waals surface area contributed by atoms with Gasteiger partial charge in [-0.2, -0.15) is 0 Å². The Kier molecular flexibility index (Phi) is 5.67. The quantitative estimate of drug-likeness (QED) is 0.654. The summed E-state index contributed by atoms with van der Waals surface area (Å²) in [6.45, 7) is 0.825. The number of carbonyl (C=O) groups excluding carboxylic acids is 3. The molecular weight excluding hydrogens is 264 g/mol. The van der Waals surface area contributed by atoms with Crippen LogP contribution in [0.15, 0.2) is 24.3 Å². The predicted molar refractivity (Wildman–Crippen MR) is 71.1 cm³/mol. The maximum atomic E-state index is 11.9. The third kappa shape index (κ3) is 4.36. The van der Waals surface area contributed by atoms with Gasteiger partial charge in [-0.1, -0.05) is 0 Å². The molecule has 1 aromatic carbocycles. The molecule has 108 valence electrons. The minimum atomic E-state index is -1.11. The average Bonchev–Trinajstić information content (AvgIpc) is 2.43. The van der Waals surface area contributed by atoms with Crippen molar-refractivity contribution in [1.29, 1.82) is 0 Å². The molecule has 0 spiro atoms. The molecule has 1 unspecified atom stereocenters. The molecule has 0 aliphatic heterocycles. The SMILES string of the molecule is COC(=O)C(CO)NC(=O)c1ccc(NC(C)=O)cc1. The number of aliphatic hydroxyl groups excluding tert-OH is 1. The first-order valence-corrected chi connectivity index (χ1v) is 5.85. The minimum absolute atomic E-state index is 0.215.